The molecule has 1 rings (SSSR count). The van der Waals surface area contributed by atoms with E-state index in [4.69, 9.17) is 0 Å². The van der Waals surface area contributed by atoms with Crippen LogP contribution in [0, 0.1) is 11.8 Å². The van der Waals surface area contributed by atoms with E-state index in [1.807, 2.05) is 13.0 Å². The van der Waals surface area contributed by atoms with E-state index in [0.29, 0.717) is 0 Å². The van der Waals surface area contributed by atoms with Gasteiger partial charge in [0.05, 0.1) is 0 Å². The molecule has 1 N–H and O–H groups in total. The van der Waals surface area contributed by atoms with Crippen molar-refractivity contribution in [3.63, 3.8) is 0 Å². The molecule has 1 unspecified atom stereocenters. The van der Waals surface area contributed by atoms with Crippen LogP contribution in [0.25, 0.3) is 0 Å². The summed E-state index contributed by atoms with van der Waals surface area (Å²) in [5.74, 6) is 6.12. The molecule has 0 aromatic heterocycles. The highest BCUT2D eigenvalue weighted by Crippen LogP contribution is 2.28. The average molecular weight is 359 g/mol. The van der Waals surface area contributed by atoms with Gasteiger partial charge in [-0.25, -0.2) is 0 Å². The molecule has 1 aromatic rings. The van der Waals surface area contributed by atoms with Gasteiger partial charge in [0.1, 0.15) is 0 Å². The zero-order chi connectivity index (χ0) is 12.7. The number of rotatable bonds is 5. The fourth-order valence-corrected chi connectivity index (χ4v) is 2.50. The summed E-state index contributed by atoms with van der Waals surface area (Å²) in [5.41, 5.74) is 1.26. The molecule has 0 aliphatic rings. The van der Waals surface area contributed by atoms with Crippen LogP contribution in [0.5, 0.6) is 0 Å². The van der Waals surface area contributed by atoms with E-state index < -0.39 is 0 Å². The summed E-state index contributed by atoms with van der Waals surface area (Å²) in [6.45, 7) is 5.06. The first kappa shape index (κ1) is 14.8. The molecule has 0 aliphatic heterocycles. The fourth-order valence-electron chi connectivity index (χ4n) is 1.60. The highest BCUT2D eigenvalue weighted by atomic mass is 79.9. The molecule has 92 valence electrons. The Morgan fingerprint density at radius 1 is 1.35 bits per heavy atom. The van der Waals surface area contributed by atoms with E-state index in [0.717, 1.165) is 28.3 Å². The van der Waals surface area contributed by atoms with Crippen LogP contribution in [0.2, 0.25) is 0 Å². The van der Waals surface area contributed by atoms with Gasteiger partial charge in [-0.3, -0.25) is 0 Å². The molecular weight excluding hydrogens is 342 g/mol. The molecule has 0 spiro atoms. The van der Waals surface area contributed by atoms with E-state index in [9.17, 15) is 0 Å². The van der Waals surface area contributed by atoms with Crippen molar-refractivity contribution in [1.82, 2.24) is 5.32 Å². The molecule has 0 saturated carbocycles. The second kappa shape index (κ2) is 7.92. The number of hydrogen-bond acceptors (Lipinski definition) is 1. The number of hydrogen-bond donors (Lipinski definition) is 1. The number of halogens is 2. The molecule has 3 heteroatoms. The first-order chi connectivity index (χ1) is 8.19. The lowest BCUT2D eigenvalue weighted by Crippen LogP contribution is -2.22. The Balaban J connectivity index is 2.92. The summed E-state index contributed by atoms with van der Waals surface area (Å²) in [6.07, 6.45) is 1.97. The van der Waals surface area contributed by atoms with Crippen molar-refractivity contribution >= 4 is 31.9 Å². The Morgan fingerprint density at radius 2 is 2.12 bits per heavy atom. The minimum Gasteiger partial charge on any atom is -0.309 e. The maximum absolute atomic E-state index is 3.61. The maximum Gasteiger partial charge on any atom is 0.0442 e. The highest BCUT2D eigenvalue weighted by molar-refractivity contribution is 9.11. The van der Waals surface area contributed by atoms with Gasteiger partial charge in [-0.15, -0.1) is 11.8 Å². The lowest BCUT2D eigenvalue weighted by molar-refractivity contribution is 0.540. The molecule has 0 saturated heterocycles. The third-order valence-corrected chi connectivity index (χ3v) is 3.67. The van der Waals surface area contributed by atoms with Crippen molar-refractivity contribution in [1.29, 1.82) is 0 Å². The van der Waals surface area contributed by atoms with Gasteiger partial charge in [0, 0.05) is 21.4 Å². The van der Waals surface area contributed by atoms with Gasteiger partial charge < -0.3 is 5.32 Å². The quantitative estimate of drug-likeness (QED) is 0.754. The Labute approximate surface area is 121 Å². The van der Waals surface area contributed by atoms with Crippen molar-refractivity contribution in [2.45, 2.75) is 32.7 Å². The molecule has 0 fully saturated rings. The third-order valence-electron chi connectivity index (χ3n) is 2.46. The second-order valence-corrected chi connectivity index (χ2v) is 5.57. The van der Waals surface area contributed by atoms with Crippen LogP contribution in [-0.2, 0) is 0 Å². The SMILES string of the molecule is CC#CCC(NCCC)c1cc(Br)ccc1Br. The van der Waals surface area contributed by atoms with E-state index >= 15 is 0 Å². The van der Waals surface area contributed by atoms with Crippen molar-refractivity contribution in [3.8, 4) is 11.8 Å². The molecule has 0 radical (unpaired) electrons. The first-order valence-corrected chi connectivity index (χ1v) is 7.35. The Morgan fingerprint density at radius 3 is 2.76 bits per heavy atom. The Bertz CT molecular complexity index is 418. The van der Waals surface area contributed by atoms with Gasteiger partial charge in [0.25, 0.3) is 0 Å². The summed E-state index contributed by atoms with van der Waals surface area (Å²) < 4.78 is 2.23. The van der Waals surface area contributed by atoms with Gasteiger partial charge in [0.15, 0.2) is 0 Å². The molecular formula is C14H17Br2N. The molecule has 0 heterocycles. The largest absolute Gasteiger partial charge is 0.309 e. The van der Waals surface area contributed by atoms with Crippen LogP contribution in [0.3, 0.4) is 0 Å². The van der Waals surface area contributed by atoms with Gasteiger partial charge in [0.2, 0.25) is 0 Å². The summed E-state index contributed by atoms with van der Waals surface area (Å²) in [4.78, 5) is 0. The number of nitrogens with one attached hydrogen (secondary N) is 1. The van der Waals surface area contributed by atoms with Crippen LogP contribution < -0.4 is 5.32 Å². The van der Waals surface area contributed by atoms with Crippen LogP contribution in [0.1, 0.15) is 38.3 Å². The van der Waals surface area contributed by atoms with Crippen molar-refractivity contribution in [2.75, 3.05) is 6.54 Å². The van der Waals surface area contributed by atoms with E-state index in [1.54, 1.807) is 0 Å². The Kier molecular flexibility index (Phi) is 6.87. The smallest absolute Gasteiger partial charge is 0.0442 e. The summed E-state index contributed by atoms with van der Waals surface area (Å²) >= 11 is 7.12. The first-order valence-electron chi connectivity index (χ1n) is 5.77. The molecule has 0 aliphatic carbocycles. The second-order valence-electron chi connectivity index (χ2n) is 3.80. The van der Waals surface area contributed by atoms with Crippen LogP contribution >= 0.6 is 31.9 Å². The summed E-state index contributed by atoms with van der Waals surface area (Å²) in [7, 11) is 0. The predicted molar refractivity (Wildman–Crippen MR) is 80.9 cm³/mol. The molecule has 0 amide bonds. The molecule has 17 heavy (non-hydrogen) atoms. The van der Waals surface area contributed by atoms with Crippen molar-refractivity contribution < 1.29 is 0 Å². The zero-order valence-electron chi connectivity index (χ0n) is 10.2. The molecule has 1 atom stereocenters. The van der Waals surface area contributed by atoms with Crippen molar-refractivity contribution in [3.05, 3.63) is 32.7 Å². The topological polar surface area (TPSA) is 12.0 Å². The van der Waals surface area contributed by atoms with Crippen molar-refractivity contribution in [2.24, 2.45) is 0 Å². The van der Waals surface area contributed by atoms with Gasteiger partial charge in [-0.1, -0.05) is 38.8 Å². The van der Waals surface area contributed by atoms with E-state index in [1.165, 1.54) is 5.56 Å². The minimum absolute atomic E-state index is 0.286. The predicted octanol–water partition coefficient (Wildman–Crippen LogP) is 4.67. The Hall–Kier alpha value is -0.300. The lowest BCUT2D eigenvalue weighted by Gasteiger charge is -2.18. The standard InChI is InChI=1S/C14H17Br2N/c1-3-5-6-14(17-9-4-2)12-10-11(15)7-8-13(12)16/h7-8,10,14,17H,4,6,9H2,1-2H3. The third kappa shape index (κ3) is 4.83. The van der Waals surface area contributed by atoms with Crippen LogP contribution in [-0.4, -0.2) is 6.54 Å². The molecule has 1 nitrogen and oxygen atoms in total. The fraction of sp³-hybridized carbons (Fsp3) is 0.429. The van der Waals surface area contributed by atoms with Gasteiger partial charge in [-0.2, -0.15) is 0 Å². The average Bonchev–Trinajstić information content (AvgIpc) is 2.33. The zero-order valence-corrected chi connectivity index (χ0v) is 13.4. The molecule has 0 bridgehead atoms. The van der Waals surface area contributed by atoms with Crippen LogP contribution in [0.4, 0.5) is 0 Å². The van der Waals surface area contributed by atoms with E-state index in [2.05, 4.69) is 68.1 Å². The number of benzene rings is 1. The summed E-state index contributed by atoms with van der Waals surface area (Å²) in [6, 6.07) is 6.54. The summed E-state index contributed by atoms with van der Waals surface area (Å²) in [5, 5.41) is 3.54. The van der Waals surface area contributed by atoms with Gasteiger partial charge in [-0.05, 0) is 43.7 Å². The molecule has 1 aromatic carbocycles. The lowest BCUT2D eigenvalue weighted by atomic mass is 10.0. The maximum atomic E-state index is 3.61. The van der Waals surface area contributed by atoms with E-state index in [-0.39, 0.29) is 6.04 Å². The monoisotopic (exact) mass is 357 g/mol. The van der Waals surface area contributed by atoms with Crippen LogP contribution in [0.15, 0.2) is 27.1 Å². The minimum atomic E-state index is 0.286. The highest BCUT2D eigenvalue weighted by Gasteiger charge is 2.13. The normalized spacial score (nSPS) is 11.8. The van der Waals surface area contributed by atoms with Gasteiger partial charge >= 0.3 is 0 Å².